The van der Waals surface area contributed by atoms with E-state index in [0.717, 1.165) is 0 Å². The second-order valence-electron chi connectivity index (χ2n) is 4.77. The summed E-state index contributed by atoms with van der Waals surface area (Å²) in [6.45, 7) is 0.513. The molecule has 1 fully saturated rings. The van der Waals surface area contributed by atoms with Crippen molar-refractivity contribution in [2.24, 2.45) is 0 Å². The normalized spacial score (nSPS) is 22.5. The highest BCUT2D eigenvalue weighted by Crippen LogP contribution is 2.23. The highest BCUT2D eigenvalue weighted by atomic mass is 19.1. The van der Waals surface area contributed by atoms with E-state index in [1.807, 2.05) is 6.07 Å². The summed E-state index contributed by atoms with van der Waals surface area (Å²) < 4.78 is 18.0. The number of aliphatic hydroxyl groups is 1. The molecule has 1 aromatic carbocycles. The molecule has 1 aliphatic heterocycles. The summed E-state index contributed by atoms with van der Waals surface area (Å²) >= 11 is 0. The number of carbonyl (C=O) groups is 1. The van der Waals surface area contributed by atoms with Crippen LogP contribution in [0.2, 0.25) is 0 Å². The molecule has 0 aromatic heterocycles. The summed E-state index contributed by atoms with van der Waals surface area (Å²) in [6.07, 6.45) is -0.345. The van der Waals surface area contributed by atoms with Crippen LogP contribution < -0.4 is 0 Å². The number of hydrogen-bond acceptors (Lipinski definition) is 5. The Morgan fingerprint density at radius 1 is 1.65 bits per heavy atom. The van der Waals surface area contributed by atoms with Crippen LogP contribution in [0.25, 0.3) is 0 Å². The quantitative estimate of drug-likeness (QED) is 0.828. The van der Waals surface area contributed by atoms with Crippen LogP contribution >= 0.6 is 0 Å². The SMILES string of the molecule is COC(=O)C1CC(O)CN1Cc1cc(F)ccc1C#N. The summed E-state index contributed by atoms with van der Waals surface area (Å²) in [4.78, 5) is 13.4. The minimum atomic E-state index is -0.627. The number of carbonyl (C=O) groups excluding carboxylic acids is 1. The second-order valence-corrected chi connectivity index (χ2v) is 4.77. The van der Waals surface area contributed by atoms with Gasteiger partial charge in [0, 0.05) is 19.5 Å². The van der Waals surface area contributed by atoms with E-state index in [2.05, 4.69) is 0 Å². The van der Waals surface area contributed by atoms with Crippen molar-refractivity contribution in [3.63, 3.8) is 0 Å². The number of ether oxygens (including phenoxy) is 1. The number of hydrogen-bond donors (Lipinski definition) is 1. The Bertz CT molecular complexity index is 556. The fraction of sp³-hybridized carbons (Fsp3) is 0.429. The van der Waals surface area contributed by atoms with E-state index >= 15 is 0 Å². The Labute approximate surface area is 116 Å². The number of nitrogens with zero attached hydrogens (tertiary/aromatic N) is 2. The van der Waals surface area contributed by atoms with Gasteiger partial charge in [-0.1, -0.05) is 0 Å². The standard InChI is InChI=1S/C14H15FN2O3/c1-20-14(19)13-5-12(18)8-17(13)7-10-4-11(15)3-2-9(10)6-16/h2-4,12-13,18H,5,7-8H2,1H3. The first-order valence-corrected chi connectivity index (χ1v) is 6.23. The highest BCUT2D eigenvalue weighted by Gasteiger charge is 2.36. The number of β-amino-alcohol motifs (C(OH)–C–C–N with tert-alkyl or cyclic N) is 1. The van der Waals surface area contributed by atoms with Crippen molar-refractivity contribution in [3.05, 3.63) is 35.1 Å². The summed E-state index contributed by atoms with van der Waals surface area (Å²) in [6, 6.07) is 5.33. The van der Waals surface area contributed by atoms with E-state index in [1.165, 1.54) is 25.3 Å². The van der Waals surface area contributed by atoms with Gasteiger partial charge in [0.25, 0.3) is 0 Å². The summed E-state index contributed by atoms with van der Waals surface area (Å²) in [7, 11) is 1.29. The number of likely N-dealkylation sites (tertiary alicyclic amines) is 1. The van der Waals surface area contributed by atoms with Crippen LogP contribution in [0.4, 0.5) is 4.39 Å². The number of esters is 1. The Kier molecular flexibility index (Phi) is 4.32. The number of nitriles is 1. The van der Waals surface area contributed by atoms with Crippen molar-refractivity contribution < 1.29 is 19.0 Å². The molecule has 0 aliphatic carbocycles. The lowest BCUT2D eigenvalue weighted by Gasteiger charge is -2.22. The number of halogens is 1. The van der Waals surface area contributed by atoms with Crippen LogP contribution in [-0.2, 0) is 16.1 Å². The lowest BCUT2D eigenvalue weighted by molar-refractivity contribution is -0.146. The third-order valence-electron chi connectivity index (χ3n) is 3.42. The molecule has 2 atom stereocenters. The van der Waals surface area contributed by atoms with Crippen molar-refractivity contribution in [1.29, 1.82) is 5.26 Å². The molecule has 2 unspecified atom stereocenters. The smallest absolute Gasteiger partial charge is 0.323 e. The molecule has 0 saturated carbocycles. The summed E-state index contributed by atoms with van der Waals surface area (Å²) in [5.74, 6) is -0.871. The molecule has 106 valence electrons. The lowest BCUT2D eigenvalue weighted by Crippen LogP contribution is -2.36. The molecule has 1 aromatic rings. The van der Waals surface area contributed by atoms with Gasteiger partial charge in [-0.3, -0.25) is 9.69 Å². The van der Waals surface area contributed by atoms with Crippen LogP contribution in [0.5, 0.6) is 0 Å². The fourth-order valence-corrected chi connectivity index (χ4v) is 2.46. The third-order valence-corrected chi connectivity index (χ3v) is 3.42. The van der Waals surface area contributed by atoms with E-state index in [4.69, 9.17) is 10.00 Å². The van der Waals surface area contributed by atoms with Crippen molar-refractivity contribution >= 4 is 5.97 Å². The van der Waals surface area contributed by atoms with Gasteiger partial charge in [-0.05, 0) is 23.8 Å². The van der Waals surface area contributed by atoms with Gasteiger partial charge in [0.1, 0.15) is 11.9 Å². The lowest BCUT2D eigenvalue weighted by atomic mass is 10.1. The number of benzene rings is 1. The van der Waals surface area contributed by atoms with E-state index < -0.39 is 23.9 Å². The maximum absolute atomic E-state index is 13.3. The molecule has 1 saturated heterocycles. The highest BCUT2D eigenvalue weighted by molar-refractivity contribution is 5.76. The van der Waals surface area contributed by atoms with Gasteiger partial charge in [-0.25, -0.2) is 4.39 Å². The Morgan fingerprint density at radius 3 is 3.05 bits per heavy atom. The molecule has 1 N–H and O–H groups in total. The second kappa shape index (κ2) is 5.99. The molecular weight excluding hydrogens is 263 g/mol. The zero-order chi connectivity index (χ0) is 14.7. The van der Waals surface area contributed by atoms with Gasteiger partial charge >= 0.3 is 5.97 Å². The van der Waals surface area contributed by atoms with Crippen LogP contribution in [-0.4, -0.2) is 41.8 Å². The number of methoxy groups -OCH3 is 1. The van der Waals surface area contributed by atoms with Crippen molar-refractivity contribution in [2.45, 2.75) is 25.1 Å². The summed E-state index contributed by atoms with van der Waals surface area (Å²) in [5.41, 5.74) is 0.854. The molecule has 2 rings (SSSR count). The minimum absolute atomic E-state index is 0.220. The maximum Gasteiger partial charge on any atom is 0.323 e. The first-order valence-electron chi connectivity index (χ1n) is 6.23. The van der Waals surface area contributed by atoms with E-state index in [1.54, 1.807) is 4.90 Å². The van der Waals surface area contributed by atoms with Gasteiger partial charge in [0.2, 0.25) is 0 Å². The molecule has 0 bridgehead atoms. The third kappa shape index (κ3) is 2.95. The minimum Gasteiger partial charge on any atom is -0.468 e. The van der Waals surface area contributed by atoms with Gasteiger partial charge < -0.3 is 9.84 Å². The molecular formula is C14H15FN2O3. The monoisotopic (exact) mass is 278 g/mol. The van der Waals surface area contributed by atoms with E-state index in [0.29, 0.717) is 17.7 Å². The van der Waals surface area contributed by atoms with Crippen molar-refractivity contribution in [2.75, 3.05) is 13.7 Å². The molecule has 0 spiro atoms. The topological polar surface area (TPSA) is 73.6 Å². The van der Waals surface area contributed by atoms with Crippen molar-refractivity contribution in [1.82, 2.24) is 4.90 Å². The van der Waals surface area contributed by atoms with Crippen LogP contribution in [0.1, 0.15) is 17.5 Å². The average Bonchev–Trinajstić information content (AvgIpc) is 2.79. The van der Waals surface area contributed by atoms with Gasteiger partial charge in [0.05, 0.1) is 24.8 Å². The molecule has 5 nitrogen and oxygen atoms in total. The van der Waals surface area contributed by atoms with Crippen LogP contribution in [0.3, 0.4) is 0 Å². The first kappa shape index (κ1) is 14.4. The molecule has 20 heavy (non-hydrogen) atoms. The zero-order valence-electron chi connectivity index (χ0n) is 11.0. The number of aliphatic hydroxyl groups excluding tert-OH is 1. The van der Waals surface area contributed by atoms with E-state index in [-0.39, 0.29) is 13.0 Å². The van der Waals surface area contributed by atoms with Gasteiger partial charge in [0.15, 0.2) is 0 Å². The molecule has 1 aliphatic rings. The largest absolute Gasteiger partial charge is 0.468 e. The van der Waals surface area contributed by atoms with Crippen LogP contribution in [0, 0.1) is 17.1 Å². The first-order chi connectivity index (χ1) is 9.55. The predicted octanol–water partition coefficient (Wildman–Crippen LogP) is 0.806. The van der Waals surface area contributed by atoms with E-state index in [9.17, 15) is 14.3 Å². The average molecular weight is 278 g/mol. The van der Waals surface area contributed by atoms with Crippen molar-refractivity contribution in [3.8, 4) is 6.07 Å². The molecule has 1 heterocycles. The predicted molar refractivity (Wildman–Crippen MR) is 68.0 cm³/mol. The molecule has 0 amide bonds. The summed E-state index contributed by atoms with van der Waals surface area (Å²) in [5, 5.41) is 18.7. The Morgan fingerprint density at radius 2 is 2.40 bits per heavy atom. The van der Waals surface area contributed by atoms with Crippen LogP contribution in [0.15, 0.2) is 18.2 Å². The molecule has 0 radical (unpaired) electrons. The number of rotatable bonds is 3. The zero-order valence-corrected chi connectivity index (χ0v) is 11.0. The Balaban J connectivity index is 2.22. The van der Waals surface area contributed by atoms with Gasteiger partial charge in [-0.15, -0.1) is 0 Å². The maximum atomic E-state index is 13.3. The Hall–Kier alpha value is -1.97. The van der Waals surface area contributed by atoms with Gasteiger partial charge in [-0.2, -0.15) is 5.26 Å². The fourth-order valence-electron chi connectivity index (χ4n) is 2.46. The molecule has 6 heteroatoms.